The van der Waals surface area contributed by atoms with E-state index >= 15 is 0 Å². The van der Waals surface area contributed by atoms with Gasteiger partial charge in [0.1, 0.15) is 31.3 Å². The molecule has 42 heavy (non-hydrogen) atoms. The highest BCUT2D eigenvalue weighted by atomic mass is 35.5. The number of imide groups is 1. The lowest BCUT2D eigenvalue weighted by Gasteiger charge is -2.13. The zero-order valence-corrected chi connectivity index (χ0v) is 24.4. The van der Waals surface area contributed by atoms with Gasteiger partial charge in [0.05, 0.1) is 22.1 Å². The Morgan fingerprint density at radius 1 is 0.929 bits per heavy atom. The van der Waals surface area contributed by atoms with Crippen molar-refractivity contribution >= 4 is 58.1 Å². The highest BCUT2D eigenvalue weighted by molar-refractivity contribution is 8.18. The Kier molecular flexibility index (Phi) is 11.0. The van der Waals surface area contributed by atoms with Crippen molar-refractivity contribution in [2.24, 2.45) is 0 Å². The molecule has 1 saturated heterocycles. The average Bonchev–Trinajstić information content (AvgIpc) is 3.24. The summed E-state index contributed by atoms with van der Waals surface area (Å²) in [7, 11) is 0. The maximum absolute atomic E-state index is 13.0. The van der Waals surface area contributed by atoms with Gasteiger partial charge in [0.2, 0.25) is 5.91 Å². The SMILES string of the molecule is CCCCOC(=O)c1cc(NC(=O)CN2C(=O)S/C(=C/c3cccc(OCCOc4ccccc4)c3)C2=O)ccc1Cl. The highest BCUT2D eigenvalue weighted by Gasteiger charge is 2.36. The molecule has 0 bridgehead atoms. The summed E-state index contributed by atoms with van der Waals surface area (Å²) < 4.78 is 16.6. The molecule has 0 spiro atoms. The highest BCUT2D eigenvalue weighted by Crippen LogP contribution is 2.32. The molecule has 3 amide bonds. The molecule has 11 heteroatoms. The van der Waals surface area contributed by atoms with Crippen LogP contribution < -0.4 is 14.8 Å². The fourth-order valence-electron chi connectivity index (χ4n) is 3.81. The first kappa shape index (κ1) is 30.7. The van der Waals surface area contributed by atoms with Gasteiger partial charge < -0.3 is 19.5 Å². The number of esters is 1. The van der Waals surface area contributed by atoms with Crippen LogP contribution in [0.3, 0.4) is 0 Å². The van der Waals surface area contributed by atoms with E-state index in [0.717, 1.165) is 35.3 Å². The molecule has 3 aromatic carbocycles. The molecule has 1 fully saturated rings. The third kappa shape index (κ3) is 8.61. The molecule has 1 heterocycles. The third-order valence-corrected chi connectivity index (χ3v) is 7.13. The van der Waals surface area contributed by atoms with Crippen LogP contribution in [0.15, 0.2) is 77.7 Å². The maximum Gasteiger partial charge on any atom is 0.339 e. The lowest BCUT2D eigenvalue weighted by molar-refractivity contribution is -0.127. The van der Waals surface area contributed by atoms with Gasteiger partial charge in [-0.2, -0.15) is 0 Å². The fraction of sp³-hybridized carbons (Fsp3) is 0.226. The first-order valence-electron chi connectivity index (χ1n) is 13.3. The van der Waals surface area contributed by atoms with Crippen LogP contribution in [0.25, 0.3) is 6.08 Å². The van der Waals surface area contributed by atoms with Crippen molar-refractivity contribution in [3.05, 3.63) is 93.9 Å². The minimum Gasteiger partial charge on any atom is -0.490 e. The third-order valence-electron chi connectivity index (χ3n) is 5.90. The number of benzene rings is 3. The number of rotatable bonds is 13. The number of ether oxygens (including phenoxy) is 3. The molecular weight excluding hydrogens is 580 g/mol. The quantitative estimate of drug-likeness (QED) is 0.134. The van der Waals surface area contributed by atoms with E-state index in [9.17, 15) is 19.2 Å². The van der Waals surface area contributed by atoms with E-state index in [-0.39, 0.29) is 27.8 Å². The van der Waals surface area contributed by atoms with E-state index < -0.39 is 29.6 Å². The first-order valence-corrected chi connectivity index (χ1v) is 14.5. The van der Waals surface area contributed by atoms with Crippen molar-refractivity contribution in [1.29, 1.82) is 0 Å². The summed E-state index contributed by atoms with van der Waals surface area (Å²) in [5.74, 6) is -0.468. The van der Waals surface area contributed by atoms with E-state index in [1.54, 1.807) is 30.3 Å². The molecule has 0 aromatic heterocycles. The van der Waals surface area contributed by atoms with Crippen LogP contribution >= 0.6 is 23.4 Å². The fourth-order valence-corrected chi connectivity index (χ4v) is 4.84. The molecule has 0 atom stereocenters. The minimum absolute atomic E-state index is 0.106. The van der Waals surface area contributed by atoms with Crippen molar-refractivity contribution in [2.75, 3.05) is 31.7 Å². The monoisotopic (exact) mass is 608 g/mol. The van der Waals surface area contributed by atoms with Gasteiger partial charge in [-0.05, 0) is 72.3 Å². The average molecular weight is 609 g/mol. The number of carbonyl (C=O) groups excluding carboxylic acids is 4. The summed E-state index contributed by atoms with van der Waals surface area (Å²) in [6, 6.07) is 20.8. The van der Waals surface area contributed by atoms with E-state index in [0.29, 0.717) is 24.5 Å². The molecule has 1 aliphatic heterocycles. The number of nitrogens with one attached hydrogen (secondary N) is 1. The minimum atomic E-state index is -0.612. The lowest BCUT2D eigenvalue weighted by atomic mass is 10.2. The Labute approximate surface area is 252 Å². The number of hydrogen-bond donors (Lipinski definition) is 1. The molecule has 1 N–H and O–H groups in total. The van der Waals surface area contributed by atoms with E-state index in [1.165, 1.54) is 18.2 Å². The molecule has 9 nitrogen and oxygen atoms in total. The van der Waals surface area contributed by atoms with Crippen LogP contribution in [0.5, 0.6) is 11.5 Å². The number of anilines is 1. The van der Waals surface area contributed by atoms with Gasteiger partial charge >= 0.3 is 5.97 Å². The van der Waals surface area contributed by atoms with E-state index in [4.69, 9.17) is 25.8 Å². The van der Waals surface area contributed by atoms with E-state index in [2.05, 4.69) is 5.32 Å². The summed E-state index contributed by atoms with van der Waals surface area (Å²) in [5, 5.41) is 2.21. The van der Waals surface area contributed by atoms with Crippen molar-refractivity contribution in [1.82, 2.24) is 4.90 Å². The van der Waals surface area contributed by atoms with Gasteiger partial charge in [0.15, 0.2) is 0 Å². The Morgan fingerprint density at radius 2 is 1.67 bits per heavy atom. The van der Waals surface area contributed by atoms with Gasteiger partial charge in [-0.3, -0.25) is 19.3 Å². The standard InChI is InChI=1S/C31H29ClN2O7S/c1-2-3-14-41-30(37)25-19-22(12-13-26(25)32)33-28(35)20-34-29(36)27(42-31(34)38)18-21-8-7-11-24(17-21)40-16-15-39-23-9-5-4-6-10-23/h4-13,17-19H,2-3,14-16,20H2,1H3,(H,33,35)/b27-18+. The Bertz CT molecular complexity index is 1480. The zero-order valence-electron chi connectivity index (χ0n) is 22.8. The predicted molar refractivity (Wildman–Crippen MR) is 162 cm³/mol. The van der Waals surface area contributed by atoms with Gasteiger partial charge in [-0.25, -0.2) is 4.79 Å². The number of amides is 3. The zero-order chi connectivity index (χ0) is 29.9. The van der Waals surface area contributed by atoms with E-state index in [1.807, 2.05) is 37.3 Å². The van der Waals surface area contributed by atoms with Gasteiger partial charge in [0.25, 0.3) is 11.1 Å². The molecule has 218 valence electrons. The van der Waals surface area contributed by atoms with Crippen molar-refractivity contribution in [3.63, 3.8) is 0 Å². The summed E-state index contributed by atoms with van der Waals surface area (Å²) in [5.41, 5.74) is 1.04. The molecule has 1 aliphatic rings. The summed E-state index contributed by atoms with van der Waals surface area (Å²) in [4.78, 5) is 51.6. The summed E-state index contributed by atoms with van der Waals surface area (Å²) >= 11 is 6.88. The molecule has 0 saturated carbocycles. The van der Waals surface area contributed by atoms with Crippen molar-refractivity contribution < 1.29 is 33.4 Å². The van der Waals surface area contributed by atoms with Crippen LogP contribution in [0.4, 0.5) is 10.5 Å². The van der Waals surface area contributed by atoms with Crippen LogP contribution in [0, 0.1) is 0 Å². The van der Waals surface area contributed by atoms with Crippen LogP contribution in [0.2, 0.25) is 5.02 Å². The summed E-state index contributed by atoms with van der Waals surface area (Å²) in [6.45, 7) is 2.42. The number of thioether (sulfide) groups is 1. The van der Waals surface area contributed by atoms with Crippen LogP contribution in [0.1, 0.15) is 35.7 Å². The second kappa shape index (κ2) is 15.1. The Balaban J connectivity index is 1.32. The number of halogens is 1. The topological polar surface area (TPSA) is 111 Å². The normalized spacial score (nSPS) is 13.8. The van der Waals surface area contributed by atoms with Gasteiger partial charge in [-0.1, -0.05) is 55.3 Å². The second-order valence-electron chi connectivity index (χ2n) is 9.08. The number of carbonyl (C=O) groups is 4. The number of para-hydroxylation sites is 1. The summed E-state index contributed by atoms with van der Waals surface area (Å²) in [6.07, 6.45) is 3.16. The smallest absolute Gasteiger partial charge is 0.339 e. The lowest BCUT2D eigenvalue weighted by Crippen LogP contribution is -2.36. The number of nitrogens with zero attached hydrogens (tertiary/aromatic N) is 1. The molecular formula is C31H29ClN2O7S. The molecule has 4 rings (SSSR count). The molecule has 0 unspecified atom stereocenters. The number of hydrogen-bond acceptors (Lipinski definition) is 8. The Morgan fingerprint density at radius 3 is 2.43 bits per heavy atom. The molecule has 0 aliphatic carbocycles. The van der Waals surface area contributed by atoms with Gasteiger partial charge in [-0.15, -0.1) is 0 Å². The first-order chi connectivity index (χ1) is 20.3. The molecule has 0 radical (unpaired) electrons. The maximum atomic E-state index is 13.0. The Hall–Kier alpha value is -4.28. The van der Waals surface area contributed by atoms with Crippen molar-refractivity contribution in [2.45, 2.75) is 19.8 Å². The van der Waals surface area contributed by atoms with Crippen LogP contribution in [-0.4, -0.2) is 54.3 Å². The van der Waals surface area contributed by atoms with Gasteiger partial charge in [0, 0.05) is 5.69 Å². The number of unbranched alkanes of at least 4 members (excludes halogenated alkanes) is 1. The van der Waals surface area contributed by atoms with Crippen molar-refractivity contribution in [3.8, 4) is 11.5 Å². The predicted octanol–water partition coefficient (Wildman–Crippen LogP) is 6.43. The largest absolute Gasteiger partial charge is 0.490 e. The molecule has 3 aromatic rings. The second-order valence-corrected chi connectivity index (χ2v) is 10.5. The van der Waals surface area contributed by atoms with Crippen LogP contribution in [-0.2, 0) is 14.3 Å².